The molecule has 0 aliphatic carbocycles. The van der Waals surface area contributed by atoms with Crippen molar-refractivity contribution in [1.29, 1.82) is 0 Å². The quantitative estimate of drug-likeness (QED) is 0.772. The Morgan fingerprint density at radius 1 is 1.53 bits per heavy atom. The van der Waals surface area contributed by atoms with Crippen molar-refractivity contribution >= 4 is 37.8 Å². The second kappa shape index (κ2) is 4.98. The highest BCUT2D eigenvalue weighted by Gasteiger charge is 2.23. The number of rotatable bonds is 2. The highest BCUT2D eigenvalue weighted by atomic mass is 79.9. The topological polar surface area (TPSA) is 39.2 Å². The molecule has 7 heteroatoms. The number of alkyl halides is 2. The molecule has 0 bridgehead atoms. The lowest BCUT2D eigenvalue weighted by molar-refractivity contribution is 0.0592. The van der Waals surface area contributed by atoms with Crippen LogP contribution in [0.5, 0.6) is 0 Å². The summed E-state index contributed by atoms with van der Waals surface area (Å²) in [6.45, 7) is 0. The van der Waals surface area contributed by atoms with Gasteiger partial charge in [0.05, 0.1) is 17.1 Å². The Bertz CT molecular complexity index is 398. The van der Waals surface area contributed by atoms with Gasteiger partial charge in [-0.1, -0.05) is 0 Å². The average molecular weight is 345 g/mol. The van der Waals surface area contributed by atoms with Crippen LogP contribution in [-0.4, -0.2) is 18.1 Å². The molecule has 0 spiro atoms. The minimum Gasteiger partial charge on any atom is -0.464 e. The Hall–Kier alpha value is -0.560. The van der Waals surface area contributed by atoms with E-state index < -0.39 is 12.4 Å². The molecule has 0 amide bonds. The molecule has 0 aromatic carbocycles. The molecule has 15 heavy (non-hydrogen) atoms. The zero-order valence-electron chi connectivity index (χ0n) is 7.43. The number of methoxy groups -OCH3 is 1. The van der Waals surface area contributed by atoms with Gasteiger partial charge >= 0.3 is 5.97 Å². The number of hydrogen-bond donors (Lipinski definition) is 0. The molecule has 0 N–H and O–H groups in total. The van der Waals surface area contributed by atoms with Gasteiger partial charge in [0.25, 0.3) is 6.43 Å². The molecule has 0 radical (unpaired) electrons. The van der Waals surface area contributed by atoms with Crippen LogP contribution in [0.1, 0.15) is 22.5 Å². The number of halogens is 4. The molecule has 1 rings (SSSR count). The first-order valence-electron chi connectivity index (χ1n) is 3.69. The third-order valence-corrected chi connectivity index (χ3v) is 3.04. The van der Waals surface area contributed by atoms with E-state index in [9.17, 15) is 13.6 Å². The first-order valence-corrected chi connectivity index (χ1v) is 5.28. The Morgan fingerprint density at radius 2 is 2.13 bits per heavy atom. The van der Waals surface area contributed by atoms with Gasteiger partial charge in [-0.3, -0.25) is 0 Å². The minimum absolute atomic E-state index is 0.0567. The van der Waals surface area contributed by atoms with Gasteiger partial charge < -0.3 is 4.74 Å². The molecule has 0 atom stereocenters. The number of carbonyl (C=O) groups is 1. The second-order valence-corrected chi connectivity index (χ2v) is 4.12. The summed E-state index contributed by atoms with van der Waals surface area (Å²) in [4.78, 5) is 14.8. The van der Waals surface area contributed by atoms with E-state index in [1.807, 2.05) is 0 Å². The van der Waals surface area contributed by atoms with Gasteiger partial charge in [-0.2, -0.15) is 0 Å². The van der Waals surface area contributed by atoms with Crippen LogP contribution in [0.15, 0.2) is 15.1 Å². The van der Waals surface area contributed by atoms with Gasteiger partial charge in [-0.25, -0.2) is 18.6 Å². The van der Waals surface area contributed by atoms with E-state index in [1.54, 1.807) is 0 Å². The van der Waals surface area contributed by atoms with Crippen molar-refractivity contribution in [2.75, 3.05) is 7.11 Å². The Kier molecular flexibility index (Phi) is 4.15. The summed E-state index contributed by atoms with van der Waals surface area (Å²) in [6.07, 6.45) is -1.57. The zero-order valence-corrected chi connectivity index (χ0v) is 10.6. The summed E-state index contributed by atoms with van der Waals surface area (Å²) in [6, 6.07) is 0. The van der Waals surface area contributed by atoms with Gasteiger partial charge in [0.2, 0.25) is 0 Å². The molecule has 0 aliphatic heterocycles. The van der Waals surface area contributed by atoms with Gasteiger partial charge in [0.1, 0.15) is 0 Å². The van der Waals surface area contributed by atoms with Crippen molar-refractivity contribution < 1.29 is 18.3 Å². The third-order valence-electron chi connectivity index (χ3n) is 1.61. The standard InChI is InChI=1S/C8H5Br2F2NO2/c1-15-8(14)6-5(10)4(7(11)12)3(9)2-13-6/h2,7H,1H3. The van der Waals surface area contributed by atoms with Crippen molar-refractivity contribution in [1.82, 2.24) is 4.98 Å². The average Bonchev–Trinajstić information content (AvgIpc) is 2.16. The van der Waals surface area contributed by atoms with Crippen molar-refractivity contribution in [3.63, 3.8) is 0 Å². The lowest BCUT2D eigenvalue weighted by atomic mass is 10.2. The van der Waals surface area contributed by atoms with Crippen LogP contribution >= 0.6 is 31.9 Å². The van der Waals surface area contributed by atoms with Crippen LogP contribution in [0.25, 0.3) is 0 Å². The molecule has 0 fully saturated rings. The van der Waals surface area contributed by atoms with Crippen LogP contribution in [0.3, 0.4) is 0 Å². The fraction of sp³-hybridized carbons (Fsp3) is 0.250. The van der Waals surface area contributed by atoms with E-state index in [4.69, 9.17) is 0 Å². The molecular formula is C8H5Br2F2NO2. The van der Waals surface area contributed by atoms with Crippen LogP contribution in [0.2, 0.25) is 0 Å². The molecule has 1 aromatic rings. The van der Waals surface area contributed by atoms with Crippen molar-refractivity contribution in [2.45, 2.75) is 6.43 Å². The summed E-state index contributed by atoms with van der Waals surface area (Å²) in [5.74, 6) is -0.767. The van der Waals surface area contributed by atoms with Gasteiger partial charge in [0.15, 0.2) is 5.69 Å². The largest absolute Gasteiger partial charge is 0.464 e. The third kappa shape index (κ3) is 2.52. The molecule has 82 valence electrons. The first kappa shape index (κ1) is 12.5. The predicted octanol–water partition coefficient (Wildman–Crippen LogP) is 3.33. The fourth-order valence-electron chi connectivity index (χ4n) is 0.919. The number of hydrogen-bond acceptors (Lipinski definition) is 3. The van der Waals surface area contributed by atoms with Crippen molar-refractivity contribution in [3.05, 3.63) is 26.4 Å². The summed E-state index contributed by atoms with van der Waals surface area (Å²) in [7, 11) is 1.15. The molecule has 1 aromatic heterocycles. The molecule has 0 aliphatic rings. The number of esters is 1. The van der Waals surface area contributed by atoms with Crippen LogP contribution in [-0.2, 0) is 4.74 Å². The lowest BCUT2D eigenvalue weighted by Crippen LogP contribution is -2.07. The number of aromatic nitrogens is 1. The molecule has 3 nitrogen and oxygen atoms in total. The highest BCUT2D eigenvalue weighted by molar-refractivity contribution is 9.11. The van der Waals surface area contributed by atoms with Crippen LogP contribution in [0, 0.1) is 0 Å². The fourth-order valence-corrected chi connectivity index (χ4v) is 2.31. The maximum atomic E-state index is 12.6. The number of pyridine rings is 1. The second-order valence-electron chi connectivity index (χ2n) is 2.47. The van der Waals surface area contributed by atoms with Crippen molar-refractivity contribution in [2.24, 2.45) is 0 Å². The molecule has 0 saturated heterocycles. The minimum atomic E-state index is -2.71. The predicted molar refractivity (Wildman–Crippen MR) is 55.9 cm³/mol. The SMILES string of the molecule is COC(=O)c1ncc(Br)c(C(F)F)c1Br. The summed E-state index contributed by atoms with van der Waals surface area (Å²) < 4.78 is 29.7. The summed E-state index contributed by atoms with van der Waals surface area (Å²) >= 11 is 5.83. The summed E-state index contributed by atoms with van der Waals surface area (Å²) in [5.41, 5.74) is -0.485. The van der Waals surface area contributed by atoms with Crippen LogP contribution in [0.4, 0.5) is 8.78 Å². The van der Waals surface area contributed by atoms with E-state index in [1.165, 1.54) is 0 Å². The number of nitrogens with zero attached hydrogens (tertiary/aromatic N) is 1. The summed E-state index contributed by atoms with van der Waals surface area (Å²) in [5, 5.41) is 0. The Morgan fingerprint density at radius 3 is 2.60 bits per heavy atom. The Labute approximate surface area is 101 Å². The highest BCUT2D eigenvalue weighted by Crippen LogP contribution is 2.35. The lowest BCUT2D eigenvalue weighted by Gasteiger charge is -2.08. The van der Waals surface area contributed by atoms with E-state index in [0.717, 1.165) is 13.3 Å². The maximum absolute atomic E-state index is 12.6. The maximum Gasteiger partial charge on any atom is 0.357 e. The van der Waals surface area contributed by atoms with Crippen LogP contribution < -0.4 is 0 Å². The van der Waals surface area contributed by atoms with E-state index in [-0.39, 0.29) is 20.2 Å². The van der Waals surface area contributed by atoms with Gasteiger partial charge in [-0.15, -0.1) is 0 Å². The molecular weight excluding hydrogens is 340 g/mol. The molecule has 0 unspecified atom stereocenters. The monoisotopic (exact) mass is 343 g/mol. The number of ether oxygens (including phenoxy) is 1. The first-order chi connectivity index (χ1) is 6.99. The molecule has 0 saturated carbocycles. The smallest absolute Gasteiger partial charge is 0.357 e. The van der Waals surface area contributed by atoms with E-state index in [2.05, 4.69) is 41.6 Å². The molecule has 1 heterocycles. The van der Waals surface area contributed by atoms with Gasteiger partial charge in [-0.05, 0) is 31.9 Å². The zero-order chi connectivity index (χ0) is 11.6. The Balaban J connectivity index is 3.35. The normalized spacial score (nSPS) is 10.5. The van der Waals surface area contributed by atoms with E-state index >= 15 is 0 Å². The number of carbonyl (C=O) groups excluding carboxylic acids is 1. The van der Waals surface area contributed by atoms with E-state index in [0.29, 0.717) is 0 Å². The van der Waals surface area contributed by atoms with Crippen molar-refractivity contribution in [3.8, 4) is 0 Å². The van der Waals surface area contributed by atoms with Gasteiger partial charge in [0, 0.05) is 10.7 Å².